The van der Waals surface area contributed by atoms with Crippen LogP contribution in [-0.4, -0.2) is 35.3 Å². The summed E-state index contributed by atoms with van der Waals surface area (Å²) in [7, 11) is 3.16. The van der Waals surface area contributed by atoms with Crippen LogP contribution in [0, 0.1) is 6.92 Å². The molecule has 0 aliphatic rings. The predicted molar refractivity (Wildman–Crippen MR) is 93.2 cm³/mol. The number of benzene rings is 1. The third-order valence-corrected chi connectivity index (χ3v) is 4.37. The number of aryl methyl sites for hydroxylation is 1. The summed E-state index contributed by atoms with van der Waals surface area (Å²) in [5, 5.41) is 6.24. The highest BCUT2D eigenvalue weighted by Crippen LogP contribution is 2.33. The maximum absolute atomic E-state index is 11.9. The Morgan fingerprint density at radius 1 is 1.19 bits per heavy atom. The van der Waals surface area contributed by atoms with Crippen molar-refractivity contribution in [1.29, 1.82) is 0 Å². The standard InChI is InChI=1S/C17H17N3O5S/c1-10-18-15(25-20-10)8-24-16(21)7-12-9-26-17(19-12)11-4-5-13(22-2)14(6-11)23-3/h4-6,9H,7-8H2,1-3H3. The Morgan fingerprint density at radius 2 is 2.00 bits per heavy atom. The summed E-state index contributed by atoms with van der Waals surface area (Å²) in [6, 6.07) is 5.55. The largest absolute Gasteiger partial charge is 0.493 e. The van der Waals surface area contributed by atoms with E-state index in [1.54, 1.807) is 21.1 Å². The maximum atomic E-state index is 11.9. The average molecular weight is 375 g/mol. The quantitative estimate of drug-likeness (QED) is 0.582. The fourth-order valence-corrected chi connectivity index (χ4v) is 3.05. The van der Waals surface area contributed by atoms with Gasteiger partial charge in [-0.2, -0.15) is 4.98 Å². The van der Waals surface area contributed by atoms with E-state index in [9.17, 15) is 4.79 Å². The highest BCUT2D eigenvalue weighted by Gasteiger charge is 2.13. The van der Waals surface area contributed by atoms with Crippen molar-refractivity contribution in [2.75, 3.05) is 14.2 Å². The second-order valence-corrected chi connectivity index (χ2v) is 6.14. The minimum Gasteiger partial charge on any atom is -0.493 e. The molecule has 0 spiro atoms. The Hall–Kier alpha value is -2.94. The Kier molecular flexibility index (Phi) is 5.47. The monoisotopic (exact) mass is 375 g/mol. The van der Waals surface area contributed by atoms with E-state index in [0.717, 1.165) is 10.6 Å². The highest BCUT2D eigenvalue weighted by atomic mass is 32.1. The molecule has 0 radical (unpaired) electrons. The summed E-state index contributed by atoms with van der Waals surface area (Å²) in [5.74, 6) is 1.61. The molecule has 0 bridgehead atoms. The first-order valence-corrected chi connectivity index (χ1v) is 8.58. The third-order valence-electron chi connectivity index (χ3n) is 3.43. The van der Waals surface area contributed by atoms with E-state index in [4.69, 9.17) is 18.7 Å². The molecule has 2 aromatic heterocycles. The molecule has 8 nitrogen and oxygen atoms in total. The van der Waals surface area contributed by atoms with Crippen molar-refractivity contribution in [1.82, 2.24) is 15.1 Å². The van der Waals surface area contributed by atoms with E-state index in [1.807, 2.05) is 23.6 Å². The molecular weight excluding hydrogens is 358 g/mol. The van der Waals surface area contributed by atoms with Crippen molar-refractivity contribution >= 4 is 17.3 Å². The Labute approximate surface area is 153 Å². The van der Waals surface area contributed by atoms with Crippen molar-refractivity contribution in [3.05, 3.63) is 41.0 Å². The van der Waals surface area contributed by atoms with Crippen molar-refractivity contribution in [3.8, 4) is 22.1 Å². The maximum Gasteiger partial charge on any atom is 0.312 e. The van der Waals surface area contributed by atoms with Gasteiger partial charge in [0.05, 0.1) is 26.3 Å². The summed E-state index contributed by atoms with van der Waals surface area (Å²) in [5.41, 5.74) is 1.51. The van der Waals surface area contributed by atoms with Crippen LogP contribution in [0.1, 0.15) is 17.4 Å². The second-order valence-electron chi connectivity index (χ2n) is 5.29. The zero-order valence-electron chi connectivity index (χ0n) is 14.5. The molecule has 3 rings (SSSR count). The third kappa shape index (κ3) is 4.17. The first-order valence-electron chi connectivity index (χ1n) is 7.70. The molecule has 3 aromatic rings. The normalized spacial score (nSPS) is 10.6. The van der Waals surface area contributed by atoms with Gasteiger partial charge in [-0.15, -0.1) is 11.3 Å². The SMILES string of the molecule is COc1ccc(-c2nc(CC(=O)OCc3nc(C)no3)cs2)cc1OC. The van der Waals surface area contributed by atoms with Gasteiger partial charge >= 0.3 is 5.97 Å². The second kappa shape index (κ2) is 7.96. The van der Waals surface area contributed by atoms with Gasteiger partial charge in [-0.1, -0.05) is 5.16 Å². The molecule has 2 heterocycles. The summed E-state index contributed by atoms with van der Waals surface area (Å²) in [6.07, 6.45) is 0.0664. The minimum atomic E-state index is -0.412. The molecule has 0 N–H and O–H groups in total. The lowest BCUT2D eigenvalue weighted by molar-refractivity contribution is -0.144. The Bertz CT molecular complexity index is 905. The van der Waals surface area contributed by atoms with E-state index in [-0.39, 0.29) is 18.9 Å². The number of esters is 1. The van der Waals surface area contributed by atoms with Crippen LogP contribution in [0.15, 0.2) is 28.1 Å². The number of nitrogens with zero attached hydrogens (tertiary/aromatic N) is 3. The number of methoxy groups -OCH3 is 2. The summed E-state index contributed by atoms with van der Waals surface area (Å²) in [4.78, 5) is 20.4. The lowest BCUT2D eigenvalue weighted by atomic mass is 10.2. The van der Waals surface area contributed by atoms with Crippen LogP contribution < -0.4 is 9.47 Å². The molecule has 136 valence electrons. The van der Waals surface area contributed by atoms with Crippen LogP contribution in [0.2, 0.25) is 0 Å². The first-order chi connectivity index (χ1) is 12.6. The molecule has 0 saturated carbocycles. The van der Waals surface area contributed by atoms with Gasteiger partial charge in [-0.25, -0.2) is 4.98 Å². The molecule has 9 heteroatoms. The van der Waals surface area contributed by atoms with E-state index >= 15 is 0 Å². The minimum absolute atomic E-state index is 0.0493. The molecule has 0 aliphatic heterocycles. The molecule has 0 amide bonds. The molecule has 0 aliphatic carbocycles. The van der Waals surface area contributed by atoms with Gasteiger partial charge in [0.15, 0.2) is 23.9 Å². The zero-order chi connectivity index (χ0) is 18.5. The fraction of sp³-hybridized carbons (Fsp3) is 0.294. The first kappa shape index (κ1) is 17.9. The number of hydrogen-bond donors (Lipinski definition) is 0. The average Bonchev–Trinajstić information content (AvgIpc) is 3.28. The van der Waals surface area contributed by atoms with Crippen LogP contribution in [0.5, 0.6) is 11.5 Å². The number of rotatable bonds is 7. The molecule has 0 atom stereocenters. The summed E-state index contributed by atoms with van der Waals surface area (Å²) in [6.45, 7) is 1.64. The molecule has 0 unspecified atom stereocenters. The van der Waals surface area contributed by atoms with Crippen LogP contribution in [0.4, 0.5) is 0 Å². The zero-order valence-corrected chi connectivity index (χ0v) is 15.3. The topological polar surface area (TPSA) is 96.6 Å². The Morgan fingerprint density at radius 3 is 2.69 bits per heavy atom. The Balaban J connectivity index is 1.63. The smallest absolute Gasteiger partial charge is 0.312 e. The van der Waals surface area contributed by atoms with Gasteiger partial charge in [0, 0.05) is 10.9 Å². The van der Waals surface area contributed by atoms with Gasteiger partial charge in [-0.3, -0.25) is 4.79 Å². The van der Waals surface area contributed by atoms with Gasteiger partial charge < -0.3 is 18.7 Å². The van der Waals surface area contributed by atoms with Gasteiger partial charge in [-0.05, 0) is 25.1 Å². The van der Waals surface area contributed by atoms with Gasteiger partial charge in [0.2, 0.25) is 0 Å². The van der Waals surface area contributed by atoms with Crippen LogP contribution in [0.3, 0.4) is 0 Å². The molecule has 0 fully saturated rings. The van der Waals surface area contributed by atoms with Crippen molar-refractivity contribution in [3.63, 3.8) is 0 Å². The molecule has 1 aromatic carbocycles. The molecular formula is C17H17N3O5S. The van der Waals surface area contributed by atoms with Crippen LogP contribution in [-0.2, 0) is 22.6 Å². The number of hydrogen-bond acceptors (Lipinski definition) is 9. The lowest BCUT2D eigenvalue weighted by Gasteiger charge is -2.08. The molecule has 0 saturated heterocycles. The van der Waals surface area contributed by atoms with E-state index in [2.05, 4.69) is 15.1 Å². The van der Waals surface area contributed by atoms with Crippen molar-refractivity contribution < 1.29 is 23.5 Å². The highest BCUT2D eigenvalue weighted by molar-refractivity contribution is 7.13. The lowest BCUT2D eigenvalue weighted by Crippen LogP contribution is -2.08. The van der Waals surface area contributed by atoms with E-state index in [1.165, 1.54) is 11.3 Å². The summed E-state index contributed by atoms with van der Waals surface area (Å²) >= 11 is 1.44. The summed E-state index contributed by atoms with van der Waals surface area (Å²) < 4.78 is 20.5. The van der Waals surface area contributed by atoms with Crippen molar-refractivity contribution in [2.24, 2.45) is 0 Å². The number of ether oxygens (including phenoxy) is 3. The fourth-order valence-electron chi connectivity index (χ4n) is 2.23. The number of carbonyl (C=O) groups is 1. The van der Waals surface area contributed by atoms with Gasteiger partial charge in [0.1, 0.15) is 5.01 Å². The van der Waals surface area contributed by atoms with E-state index in [0.29, 0.717) is 23.0 Å². The number of aromatic nitrogens is 3. The predicted octanol–water partition coefficient (Wildman–Crippen LogP) is 2.80. The van der Waals surface area contributed by atoms with Gasteiger partial charge in [0.25, 0.3) is 5.89 Å². The number of carbonyl (C=O) groups excluding carboxylic acids is 1. The van der Waals surface area contributed by atoms with Crippen LogP contribution in [0.25, 0.3) is 10.6 Å². The molecule has 26 heavy (non-hydrogen) atoms. The van der Waals surface area contributed by atoms with E-state index < -0.39 is 5.97 Å². The van der Waals surface area contributed by atoms with Crippen LogP contribution >= 0.6 is 11.3 Å². The van der Waals surface area contributed by atoms with Crippen molar-refractivity contribution in [2.45, 2.75) is 20.0 Å². The number of thiazole rings is 1.